The molecule has 2 aromatic heterocycles. The zero-order valence-electron chi connectivity index (χ0n) is 18.3. The third kappa shape index (κ3) is 3.53. The number of fused-ring (bicyclic) bond motifs is 3. The van der Waals surface area contributed by atoms with Crippen molar-refractivity contribution < 1.29 is 4.79 Å². The van der Waals surface area contributed by atoms with E-state index in [9.17, 15) is 4.79 Å². The number of carbonyl (C=O) groups is 1. The molecule has 0 spiro atoms. The van der Waals surface area contributed by atoms with Crippen LogP contribution in [0.15, 0.2) is 29.6 Å². The number of nitrogens with zero attached hydrogens (tertiary/aromatic N) is 3. The number of hydrogen-bond acceptors (Lipinski definition) is 5. The molecule has 1 aliphatic heterocycles. The second kappa shape index (κ2) is 7.79. The second-order valence-electron chi connectivity index (χ2n) is 9.73. The van der Waals surface area contributed by atoms with Crippen molar-refractivity contribution >= 4 is 39.1 Å². The monoisotopic (exact) mass is 466 g/mol. The first-order valence-corrected chi connectivity index (χ1v) is 12.8. The third-order valence-corrected chi connectivity index (χ3v) is 8.73. The minimum atomic E-state index is 0.0727. The maximum atomic E-state index is 13.2. The highest BCUT2D eigenvalue weighted by molar-refractivity contribution is 7.16. The number of rotatable bonds is 4. The highest BCUT2D eigenvalue weighted by Crippen LogP contribution is 2.57. The molecule has 2 saturated carbocycles. The van der Waals surface area contributed by atoms with Crippen molar-refractivity contribution in [3.63, 3.8) is 0 Å². The Morgan fingerprint density at radius 2 is 2.03 bits per heavy atom. The molecule has 2 aliphatic carbocycles. The maximum absolute atomic E-state index is 13.2. The maximum Gasteiger partial charge on any atom is 0.253 e. The summed E-state index contributed by atoms with van der Waals surface area (Å²) in [5.41, 5.74) is 2.94. The van der Waals surface area contributed by atoms with Crippen LogP contribution in [0.4, 0.5) is 0 Å². The van der Waals surface area contributed by atoms with Gasteiger partial charge in [-0.05, 0) is 80.1 Å². The van der Waals surface area contributed by atoms with Crippen molar-refractivity contribution in [1.82, 2.24) is 20.2 Å². The number of benzene rings is 1. The van der Waals surface area contributed by atoms with Crippen LogP contribution in [-0.2, 0) is 0 Å². The van der Waals surface area contributed by atoms with Gasteiger partial charge in [0.15, 0.2) is 0 Å². The van der Waals surface area contributed by atoms with Gasteiger partial charge < -0.3 is 10.2 Å². The van der Waals surface area contributed by atoms with Crippen LogP contribution < -0.4 is 5.32 Å². The lowest BCUT2D eigenvalue weighted by atomic mass is 9.85. The van der Waals surface area contributed by atoms with Crippen LogP contribution in [0, 0.1) is 12.8 Å². The van der Waals surface area contributed by atoms with Crippen LogP contribution in [-0.4, -0.2) is 46.5 Å². The minimum absolute atomic E-state index is 0.0727. The van der Waals surface area contributed by atoms with E-state index in [1.807, 2.05) is 31.0 Å². The highest BCUT2D eigenvalue weighted by atomic mass is 35.5. The molecule has 7 heteroatoms. The first-order chi connectivity index (χ1) is 15.5. The Bertz CT molecular complexity index is 1200. The molecule has 166 valence electrons. The topological polar surface area (TPSA) is 58.1 Å². The standard InChI is InChI=1S/C25H27ClN4OS/c1-13-28-23(19-5-6-32-24(19)29-13)21-11-20(21)18-4-3-15(9-22(18)26)25(31)30(2)17-8-14-7-16(10-17)27-12-14/h3-6,9,14,16-17,20-21,27H,7-8,10-12H2,1-2H3/t14-,16+,17-,20+,21-/m0/s1. The summed E-state index contributed by atoms with van der Waals surface area (Å²) in [6.45, 7) is 3.05. The molecule has 0 radical (unpaired) electrons. The molecule has 5 nitrogen and oxygen atoms in total. The fourth-order valence-corrected chi connectivity index (χ4v) is 6.97. The zero-order valence-corrected chi connectivity index (χ0v) is 19.9. The number of nitrogens with one attached hydrogen (secondary N) is 1. The van der Waals surface area contributed by atoms with Crippen molar-refractivity contribution in [3.8, 4) is 0 Å². The molecule has 5 atom stereocenters. The summed E-state index contributed by atoms with van der Waals surface area (Å²) in [7, 11) is 1.94. The lowest BCUT2D eigenvalue weighted by Crippen LogP contribution is -2.42. The molecule has 3 heterocycles. The van der Waals surface area contributed by atoms with Gasteiger partial charge in [0.1, 0.15) is 10.7 Å². The molecule has 1 saturated heterocycles. The Kier molecular flexibility index (Phi) is 5.01. The van der Waals surface area contributed by atoms with Gasteiger partial charge in [-0.2, -0.15) is 0 Å². The Labute approximate surface area is 197 Å². The van der Waals surface area contributed by atoms with Crippen molar-refractivity contribution in [2.45, 2.75) is 56.5 Å². The molecule has 1 amide bonds. The van der Waals surface area contributed by atoms with Crippen molar-refractivity contribution in [2.75, 3.05) is 13.6 Å². The van der Waals surface area contributed by atoms with Gasteiger partial charge in [0.25, 0.3) is 5.91 Å². The average Bonchev–Trinajstić information content (AvgIpc) is 3.30. The Hall–Kier alpha value is -2.02. The van der Waals surface area contributed by atoms with E-state index in [-0.39, 0.29) is 5.91 Å². The Morgan fingerprint density at radius 1 is 1.16 bits per heavy atom. The predicted molar refractivity (Wildman–Crippen MR) is 129 cm³/mol. The Morgan fingerprint density at radius 3 is 2.84 bits per heavy atom. The fraction of sp³-hybridized carbons (Fsp3) is 0.480. The van der Waals surface area contributed by atoms with Gasteiger partial charge in [0.05, 0.1) is 5.69 Å². The number of aryl methyl sites for hydroxylation is 1. The van der Waals surface area contributed by atoms with Crippen molar-refractivity contribution in [1.29, 1.82) is 0 Å². The number of thiophene rings is 1. The summed E-state index contributed by atoms with van der Waals surface area (Å²) >= 11 is 8.39. The number of hydrogen-bond donors (Lipinski definition) is 1. The summed E-state index contributed by atoms with van der Waals surface area (Å²) in [4.78, 5) is 25.5. The zero-order chi connectivity index (χ0) is 22.0. The minimum Gasteiger partial charge on any atom is -0.339 e. The van der Waals surface area contributed by atoms with E-state index in [1.54, 1.807) is 11.3 Å². The molecule has 1 aromatic carbocycles. The number of halogens is 1. The van der Waals surface area contributed by atoms with E-state index >= 15 is 0 Å². The summed E-state index contributed by atoms with van der Waals surface area (Å²) in [5.74, 6) is 2.31. The molecule has 32 heavy (non-hydrogen) atoms. The first kappa shape index (κ1) is 20.6. The molecule has 3 aromatic rings. The summed E-state index contributed by atoms with van der Waals surface area (Å²) < 4.78 is 0. The van der Waals surface area contributed by atoms with Crippen LogP contribution in [0.3, 0.4) is 0 Å². The third-order valence-electron chi connectivity index (χ3n) is 7.60. The van der Waals surface area contributed by atoms with E-state index in [0.29, 0.717) is 40.4 Å². The normalized spacial score (nSPS) is 28.8. The summed E-state index contributed by atoms with van der Waals surface area (Å²) in [5, 5.41) is 7.51. The van der Waals surface area contributed by atoms with Gasteiger partial charge in [0.2, 0.25) is 0 Å². The number of aromatic nitrogens is 2. The van der Waals surface area contributed by atoms with Gasteiger partial charge in [-0.1, -0.05) is 17.7 Å². The van der Waals surface area contributed by atoms with E-state index in [2.05, 4.69) is 27.8 Å². The number of carbonyl (C=O) groups excluding carboxylic acids is 1. The second-order valence-corrected chi connectivity index (χ2v) is 11.0. The van der Waals surface area contributed by atoms with Crippen molar-refractivity contribution in [3.05, 3.63) is 57.3 Å². The van der Waals surface area contributed by atoms with Gasteiger partial charge in [-0.3, -0.25) is 4.79 Å². The van der Waals surface area contributed by atoms with Crippen LogP contribution in [0.2, 0.25) is 5.02 Å². The van der Waals surface area contributed by atoms with E-state index in [1.165, 1.54) is 6.42 Å². The smallest absolute Gasteiger partial charge is 0.253 e. The summed E-state index contributed by atoms with van der Waals surface area (Å²) in [6, 6.07) is 8.87. The van der Waals surface area contributed by atoms with Crippen LogP contribution in [0.1, 0.15) is 65.0 Å². The van der Waals surface area contributed by atoms with E-state index in [0.717, 1.165) is 53.1 Å². The largest absolute Gasteiger partial charge is 0.339 e. The van der Waals surface area contributed by atoms with E-state index in [4.69, 9.17) is 16.6 Å². The molecular formula is C25H27ClN4OS. The van der Waals surface area contributed by atoms with E-state index < -0.39 is 0 Å². The van der Waals surface area contributed by atoms with Crippen molar-refractivity contribution in [2.24, 2.45) is 5.92 Å². The quantitative estimate of drug-likeness (QED) is 0.578. The lowest BCUT2D eigenvalue weighted by molar-refractivity contribution is 0.0678. The van der Waals surface area contributed by atoms with Gasteiger partial charge in [0, 0.05) is 41.0 Å². The molecule has 6 rings (SSSR count). The molecule has 3 aliphatic rings. The van der Waals surface area contributed by atoms with Crippen LogP contribution in [0.5, 0.6) is 0 Å². The number of amides is 1. The fourth-order valence-electron chi connectivity index (χ4n) is 5.83. The molecule has 2 bridgehead atoms. The molecule has 3 fully saturated rings. The van der Waals surface area contributed by atoms with Gasteiger partial charge in [-0.25, -0.2) is 9.97 Å². The summed E-state index contributed by atoms with van der Waals surface area (Å²) in [6.07, 6.45) is 4.43. The highest BCUT2D eigenvalue weighted by Gasteiger charge is 2.43. The molecule has 1 N–H and O–H groups in total. The van der Waals surface area contributed by atoms with Crippen LogP contribution >= 0.6 is 22.9 Å². The Balaban J connectivity index is 1.20. The first-order valence-electron chi connectivity index (χ1n) is 11.5. The molecule has 0 unspecified atom stereocenters. The van der Waals surface area contributed by atoms with Crippen LogP contribution in [0.25, 0.3) is 10.2 Å². The average molecular weight is 467 g/mol. The predicted octanol–water partition coefficient (Wildman–Crippen LogP) is 5.14. The molecular weight excluding hydrogens is 440 g/mol. The lowest BCUT2D eigenvalue weighted by Gasteiger charge is -2.34. The van der Waals surface area contributed by atoms with Gasteiger partial charge in [-0.15, -0.1) is 11.3 Å². The van der Waals surface area contributed by atoms with Gasteiger partial charge >= 0.3 is 0 Å². The SMILES string of the molecule is Cc1nc([C@H]2C[C@@H]2c2ccc(C(=O)N(C)[C@H]3C[C@H]4CN[C@H](C4)C3)cc2Cl)c2ccsc2n1.